The van der Waals surface area contributed by atoms with E-state index >= 15 is 0 Å². The number of hydrogen-bond acceptors (Lipinski definition) is 5. The Kier molecular flexibility index (Phi) is 3.84. The lowest BCUT2D eigenvalue weighted by molar-refractivity contribution is 0.185. The second-order valence-corrected chi connectivity index (χ2v) is 6.02. The molecule has 1 aliphatic carbocycles. The van der Waals surface area contributed by atoms with Gasteiger partial charge in [-0.25, -0.2) is 0 Å². The van der Waals surface area contributed by atoms with Gasteiger partial charge in [0.1, 0.15) is 0 Å². The molecule has 2 aliphatic rings. The Labute approximate surface area is 113 Å². The smallest absolute Gasteiger partial charge is 0.246 e. The molecule has 1 saturated heterocycles. The third kappa shape index (κ3) is 2.98. The van der Waals surface area contributed by atoms with Crippen LogP contribution in [0.5, 0.6) is 0 Å². The average molecular weight is 265 g/mol. The van der Waals surface area contributed by atoms with Gasteiger partial charge in [0.25, 0.3) is 0 Å². The molecule has 1 aromatic rings. The van der Waals surface area contributed by atoms with Gasteiger partial charge in [-0.1, -0.05) is 30.8 Å². The third-order valence-electron chi connectivity index (χ3n) is 4.39. The Morgan fingerprint density at radius 2 is 2.00 bits per heavy atom. The maximum atomic E-state index is 6.48. The fraction of sp³-hybridized carbons (Fsp3) is 0.857. The summed E-state index contributed by atoms with van der Waals surface area (Å²) in [5.41, 5.74) is 6.09. The molecule has 5 nitrogen and oxygen atoms in total. The highest BCUT2D eigenvalue weighted by Gasteiger charge is 2.34. The molecule has 106 valence electrons. The lowest BCUT2D eigenvalue weighted by Crippen LogP contribution is -2.36. The van der Waals surface area contributed by atoms with Gasteiger partial charge in [0.05, 0.1) is 5.54 Å². The van der Waals surface area contributed by atoms with Crippen LogP contribution in [0, 0.1) is 5.92 Å². The number of nitrogens with zero attached hydrogens (tertiary/aromatic N) is 2. The molecule has 2 N–H and O–H groups in total. The number of aromatic nitrogens is 2. The summed E-state index contributed by atoms with van der Waals surface area (Å²) in [6.07, 6.45) is 8.70. The molecule has 1 saturated carbocycles. The zero-order chi connectivity index (χ0) is 13.1. The van der Waals surface area contributed by atoms with Crippen molar-refractivity contribution in [2.24, 2.45) is 11.7 Å². The average Bonchev–Trinajstić information content (AvgIpc) is 3.02. The summed E-state index contributed by atoms with van der Waals surface area (Å²) in [7, 11) is 0. The van der Waals surface area contributed by atoms with Gasteiger partial charge < -0.3 is 15.0 Å². The van der Waals surface area contributed by atoms with Crippen molar-refractivity contribution in [3.8, 4) is 0 Å². The van der Waals surface area contributed by atoms with E-state index in [1.807, 2.05) is 0 Å². The Balaban J connectivity index is 1.68. The molecule has 2 heterocycles. The highest BCUT2D eigenvalue weighted by molar-refractivity contribution is 5.03. The molecule has 0 spiro atoms. The van der Waals surface area contributed by atoms with Crippen LogP contribution in [0.3, 0.4) is 0 Å². The Bertz CT molecular complexity index is 405. The van der Waals surface area contributed by atoms with Gasteiger partial charge in [-0.2, -0.15) is 4.98 Å². The van der Waals surface area contributed by atoms with E-state index in [-0.39, 0.29) is 0 Å². The highest BCUT2D eigenvalue weighted by Crippen LogP contribution is 2.32. The minimum Gasteiger partial charge on any atom is -0.381 e. The van der Waals surface area contributed by atoms with Gasteiger partial charge in [-0.15, -0.1) is 0 Å². The lowest BCUT2D eigenvalue weighted by Gasteiger charge is -2.22. The van der Waals surface area contributed by atoms with E-state index < -0.39 is 5.54 Å². The van der Waals surface area contributed by atoms with Crippen LogP contribution in [0.25, 0.3) is 0 Å². The van der Waals surface area contributed by atoms with Crippen molar-refractivity contribution < 1.29 is 9.26 Å². The summed E-state index contributed by atoms with van der Waals surface area (Å²) in [5, 5.41) is 4.11. The maximum Gasteiger partial charge on any atom is 0.246 e. The molecule has 5 heteroatoms. The van der Waals surface area contributed by atoms with Gasteiger partial charge in [0, 0.05) is 19.6 Å². The number of rotatable bonds is 3. The van der Waals surface area contributed by atoms with Crippen molar-refractivity contribution in [2.45, 2.75) is 56.9 Å². The topological polar surface area (TPSA) is 74.2 Å². The molecule has 1 aromatic heterocycles. The summed E-state index contributed by atoms with van der Waals surface area (Å²) in [6.45, 7) is 1.67. The fourth-order valence-corrected chi connectivity index (χ4v) is 3.11. The van der Waals surface area contributed by atoms with Crippen LogP contribution >= 0.6 is 0 Å². The molecule has 1 atom stereocenters. The molecule has 0 radical (unpaired) electrons. The first-order chi connectivity index (χ1) is 9.26. The van der Waals surface area contributed by atoms with E-state index in [2.05, 4.69) is 10.1 Å². The van der Waals surface area contributed by atoms with Gasteiger partial charge >= 0.3 is 0 Å². The number of hydrogen-bond donors (Lipinski definition) is 1. The highest BCUT2D eigenvalue weighted by atomic mass is 16.5. The SMILES string of the molecule is NC1(c2nc(CC3CCOC3)no2)CCCCCC1. The molecule has 0 aromatic carbocycles. The van der Waals surface area contributed by atoms with E-state index in [0.717, 1.165) is 57.6 Å². The van der Waals surface area contributed by atoms with Crippen LogP contribution in [0.2, 0.25) is 0 Å². The van der Waals surface area contributed by atoms with Crippen LogP contribution in [0.15, 0.2) is 4.52 Å². The van der Waals surface area contributed by atoms with Crippen molar-refractivity contribution in [2.75, 3.05) is 13.2 Å². The van der Waals surface area contributed by atoms with Gasteiger partial charge in [-0.3, -0.25) is 0 Å². The molecule has 1 unspecified atom stereocenters. The van der Waals surface area contributed by atoms with Crippen molar-refractivity contribution in [1.82, 2.24) is 10.1 Å². The molecule has 0 amide bonds. The van der Waals surface area contributed by atoms with Gasteiger partial charge in [-0.05, 0) is 25.2 Å². The van der Waals surface area contributed by atoms with E-state index in [9.17, 15) is 0 Å². The van der Waals surface area contributed by atoms with E-state index in [0.29, 0.717) is 11.8 Å². The monoisotopic (exact) mass is 265 g/mol. The molecule has 3 rings (SSSR count). The minimum absolute atomic E-state index is 0.395. The fourth-order valence-electron chi connectivity index (χ4n) is 3.11. The van der Waals surface area contributed by atoms with Crippen molar-refractivity contribution in [1.29, 1.82) is 0 Å². The Morgan fingerprint density at radius 3 is 2.68 bits per heavy atom. The van der Waals surface area contributed by atoms with Crippen LogP contribution < -0.4 is 5.73 Å². The van der Waals surface area contributed by atoms with Crippen LogP contribution in [0.1, 0.15) is 56.7 Å². The summed E-state index contributed by atoms with van der Waals surface area (Å²) in [4.78, 5) is 4.55. The summed E-state index contributed by atoms with van der Waals surface area (Å²) in [5.74, 6) is 1.97. The van der Waals surface area contributed by atoms with E-state index in [1.165, 1.54) is 12.8 Å². The second-order valence-electron chi connectivity index (χ2n) is 6.02. The summed E-state index contributed by atoms with van der Waals surface area (Å²) < 4.78 is 10.8. The molecule has 1 aliphatic heterocycles. The zero-order valence-corrected chi connectivity index (χ0v) is 11.4. The summed E-state index contributed by atoms with van der Waals surface area (Å²) >= 11 is 0. The molecular weight excluding hydrogens is 242 g/mol. The van der Waals surface area contributed by atoms with E-state index in [1.54, 1.807) is 0 Å². The Morgan fingerprint density at radius 1 is 1.21 bits per heavy atom. The molecule has 19 heavy (non-hydrogen) atoms. The van der Waals surface area contributed by atoms with Gasteiger partial charge in [0.2, 0.25) is 5.89 Å². The predicted octanol–water partition coefficient (Wildman–Crippen LogP) is 2.16. The maximum absolute atomic E-state index is 6.48. The first-order valence-corrected chi connectivity index (χ1v) is 7.46. The summed E-state index contributed by atoms with van der Waals surface area (Å²) in [6, 6.07) is 0. The Hall–Kier alpha value is -0.940. The van der Waals surface area contributed by atoms with Gasteiger partial charge in [0.15, 0.2) is 5.82 Å². The molecule has 0 bridgehead atoms. The zero-order valence-electron chi connectivity index (χ0n) is 11.4. The quantitative estimate of drug-likeness (QED) is 0.848. The largest absolute Gasteiger partial charge is 0.381 e. The minimum atomic E-state index is -0.395. The first kappa shape index (κ1) is 13.1. The van der Waals surface area contributed by atoms with Crippen molar-refractivity contribution >= 4 is 0 Å². The van der Waals surface area contributed by atoms with E-state index in [4.69, 9.17) is 15.0 Å². The lowest BCUT2D eigenvalue weighted by atomic mass is 9.91. The number of nitrogens with two attached hydrogens (primary N) is 1. The third-order valence-corrected chi connectivity index (χ3v) is 4.39. The van der Waals surface area contributed by atoms with Crippen LogP contribution in [-0.2, 0) is 16.7 Å². The normalized spacial score (nSPS) is 27.3. The van der Waals surface area contributed by atoms with Crippen molar-refractivity contribution in [3.05, 3.63) is 11.7 Å². The standard InChI is InChI=1S/C14H23N3O2/c15-14(6-3-1-2-4-7-14)13-16-12(17-19-13)9-11-5-8-18-10-11/h11H,1-10,15H2. The number of ether oxygens (including phenoxy) is 1. The first-order valence-electron chi connectivity index (χ1n) is 7.46. The molecule has 2 fully saturated rings. The molecular formula is C14H23N3O2. The van der Waals surface area contributed by atoms with Crippen molar-refractivity contribution in [3.63, 3.8) is 0 Å². The second kappa shape index (κ2) is 5.59. The van der Waals surface area contributed by atoms with Crippen LogP contribution in [0.4, 0.5) is 0 Å². The predicted molar refractivity (Wildman–Crippen MR) is 70.5 cm³/mol. The van der Waals surface area contributed by atoms with Crippen LogP contribution in [-0.4, -0.2) is 23.4 Å².